The molecule has 3 heterocycles. The minimum absolute atomic E-state index is 0.123. The molecule has 2 aromatic heterocycles. The van der Waals surface area contributed by atoms with Crippen LogP contribution in [0.3, 0.4) is 0 Å². The van der Waals surface area contributed by atoms with Gasteiger partial charge in [-0.2, -0.15) is 13.5 Å². The number of hydrogen-bond donors (Lipinski definition) is 2. The zero-order valence-corrected chi connectivity index (χ0v) is 18.0. The fourth-order valence-corrected chi connectivity index (χ4v) is 5.67. The number of carbonyl (C=O) groups excluding carboxylic acids is 1. The van der Waals surface area contributed by atoms with E-state index in [4.69, 9.17) is 4.98 Å². The Morgan fingerprint density at radius 1 is 1.20 bits per heavy atom. The van der Waals surface area contributed by atoms with Crippen LogP contribution in [0, 0.1) is 0 Å². The molecule has 0 radical (unpaired) electrons. The molecular formula is C20H26N6O3S. The molecule has 30 heavy (non-hydrogen) atoms. The first-order valence-electron chi connectivity index (χ1n) is 10.5. The lowest BCUT2D eigenvalue weighted by molar-refractivity contribution is 0.256. The lowest BCUT2D eigenvalue weighted by Crippen LogP contribution is -2.35. The monoisotopic (exact) mass is 430 g/mol. The van der Waals surface area contributed by atoms with E-state index in [1.54, 1.807) is 4.68 Å². The van der Waals surface area contributed by atoms with Gasteiger partial charge in [0.2, 0.25) is 0 Å². The SMILES string of the molecule is CC1CCc2c1nc1c(c2NC(=O)NS(=O)(=O)c2cc3n(n2)CCN(C)C3)CCC1. The average molecular weight is 431 g/mol. The molecule has 2 amide bonds. The average Bonchev–Trinajstić information content (AvgIpc) is 3.40. The van der Waals surface area contributed by atoms with Gasteiger partial charge >= 0.3 is 6.03 Å². The normalized spacial score (nSPS) is 20.5. The summed E-state index contributed by atoms with van der Waals surface area (Å²) in [6.45, 7) is 4.20. The summed E-state index contributed by atoms with van der Waals surface area (Å²) in [6.07, 6.45) is 4.60. The number of rotatable bonds is 3. The van der Waals surface area contributed by atoms with Crippen molar-refractivity contribution in [3.05, 3.63) is 34.3 Å². The van der Waals surface area contributed by atoms with Crippen molar-refractivity contribution in [1.29, 1.82) is 0 Å². The van der Waals surface area contributed by atoms with E-state index >= 15 is 0 Å². The van der Waals surface area contributed by atoms with Gasteiger partial charge in [-0.25, -0.2) is 9.52 Å². The van der Waals surface area contributed by atoms with E-state index in [0.717, 1.165) is 72.5 Å². The van der Waals surface area contributed by atoms with Crippen LogP contribution >= 0.6 is 0 Å². The molecule has 1 atom stereocenters. The molecule has 9 nitrogen and oxygen atoms in total. The minimum Gasteiger partial charge on any atom is -0.306 e. The van der Waals surface area contributed by atoms with Gasteiger partial charge in [0, 0.05) is 30.5 Å². The second-order valence-electron chi connectivity index (χ2n) is 8.56. The fraction of sp³-hybridized carbons (Fsp3) is 0.550. The molecular weight excluding hydrogens is 404 g/mol. The van der Waals surface area contributed by atoms with Gasteiger partial charge in [-0.05, 0) is 56.2 Å². The van der Waals surface area contributed by atoms with Crippen molar-refractivity contribution >= 4 is 21.7 Å². The van der Waals surface area contributed by atoms with Gasteiger partial charge < -0.3 is 5.32 Å². The van der Waals surface area contributed by atoms with Crippen LogP contribution in [0.4, 0.5) is 10.5 Å². The summed E-state index contributed by atoms with van der Waals surface area (Å²) >= 11 is 0. The van der Waals surface area contributed by atoms with Gasteiger partial charge in [-0.15, -0.1) is 0 Å². The fourth-order valence-electron chi connectivity index (χ4n) is 4.77. The molecule has 5 rings (SSSR count). The molecule has 0 saturated heterocycles. The first kappa shape index (κ1) is 19.5. The highest BCUT2D eigenvalue weighted by Gasteiger charge is 2.31. The van der Waals surface area contributed by atoms with Crippen molar-refractivity contribution < 1.29 is 13.2 Å². The van der Waals surface area contributed by atoms with E-state index in [-0.39, 0.29) is 5.03 Å². The Hall–Kier alpha value is -2.46. The second-order valence-corrected chi connectivity index (χ2v) is 10.2. The highest BCUT2D eigenvalue weighted by Crippen LogP contribution is 2.41. The number of nitrogens with one attached hydrogen (secondary N) is 2. The number of fused-ring (bicyclic) bond motifs is 3. The summed E-state index contributed by atoms with van der Waals surface area (Å²) in [7, 11) is -2.08. The van der Waals surface area contributed by atoms with Crippen LogP contribution in [-0.4, -0.2) is 47.7 Å². The molecule has 2 N–H and O–H groups in total. The van der Waals surface area contributed by atoms with Crippen LogP contribution in [0.15, 0.2) is 11.1 Å². The van der Waals surface area contributed by atoms with E-state index in [1.807, 2.05) is 7.05 Å². The largest absolute Gasteiger partial charge is 0.333 e. The molecule has 0 aromatic carbocycles. The highest BCUT2D eigenvalue weighted by molar-refractivity contribution is 7.90. The Kier molecular flexibility index (Phi) is 4.59. The molecule has 2 aromatic rings. The van der Waals surface area contributed by atoms with E-state index in [9.17, 15) is 13.2 Å². The number of nitrogens with zero attached hydrogens (tertiary/aromatic N) is 4. The lowest BCUT2D eigenvalue weighted by atomic mass is 10.0. The van der Waals surface area contributed by atoms with Crippen LogP contribution in [0.5, 0.6) is 0 Å². The topological polar surface area (TPSA) is 109 Å². The van der Waals surface area contributed by atoms with Crippen LogP contribution < -0.4 is 10.0 Å². The summed E-state index contributed by atoms with van der Waals surface area (Å²) in [6, 6.07) is 0.787. The number of carbonyl (C=O) groups is 1. The third-order valence-corrected chi connectivity index (χ3v) is 7.56. The maximum atomic E-state index is 12.8. The van der Waals surface area contributed by atoms with Crippen LogP contribution in [0.1, 0.15) is 53.9 Å². The molecule has 10 heteroatoms. The first-order valence-corrected chi connectivity index (χ1v) is 11.9. The van der Waals surface area contributed by atoms with Gasteiger partial charge in [0.1, 0.15) is 0 Å². The number of pyridine rings is 1. The van der Waals surface area contributed by atoms with Gasteiger partial charge in [-0.3, -0.25) is 14.6 Å². The third kappa shape index (κ3) is 3.27. The van der Waals surface area contributed by atoms with Crippen LogP contribution in [-0.2, 0) is 42.4 Å². The maximum absolute atomic E-state index is 12.8. The van der Waals surface area contributed by atoms with Crippen LogP contribution in [0.25, 0.3) is 0 Å². The van der Waals surface area contributed by atoms with E-state index in [0.29, 0.717) is 19.0 Å². The summed E-state index contributed by atoms with van der Waals surface area (Å²) in [5.74, 6) is 0.355. The molecule has 160 valence electrons. The highest BCUT2D eigenvalue weighted by atomic mass is 32.2. The standard InChI is InChI=1S/C20H26N6O3S/c1-12-6-7-15-18(12)21-16-5-3-4-14(16)19(15)22-20(27)24-30(28,29)17-10-13-11-25(2)8-9-26(13)23-17/h10,12H,3-9,11H2,1-2H3,(H2,21,22,24,27). The van der Waals surface area contributed by atoms with E-state index in [2.05, 4.69) is 27.0 Å². The van der Waals surface area contributed by atoms with Gasteiger partial charge in [0.25, 0.3) is 10.0 Å². The predicted octanol–water partition coefficient (Wildman–Crippen LogP) is 1.77. The Morgan fingerprint density at radius 3 is 2.87 bits per heavy atom. The molecule has 0 bridgehead atoms. The van der Waals surface area contributed by atoms with E-state index < -0.39 is 16.1 Å². The van der Waals surface area contributed by atoms with Gasteiger partial charge in [0.05, 0.1) is 17.9 Å². The van der Waals surface area contributed by atoms with Crippen LogP contribution in [0.2, 0.25) is 0 Å². The second kappa shape index (κ2) is 7.05. The summed E-state index contributed by atoms with van der Waals surface area (Å²) < 4.78 is 29.4. The number of urea groups is 1. The molecule has 0 spiro atoms. The Balaban J connectivity index is 1.39. The van der Waals surface area contributed by atoms with Crippen molar-refractivity contribution in [3.8, 4) is 0 Å². The summed E-state index contributed by atoms with van der Waals surface area (Å²) in [5.41, 5.74) is 5.76. The molecule has 1 aliphatic heterocycles. The molecule has 2 aliphatic carbocycles. The van der Waals surface area contributed by atoms with E-state index in [1.165, 1.54) is 6.07 Å². The Morgan fingerprint density at radius 2 is 2.03 bits per heavy atom. The maximum Gasteiger partial charge on any atom is 0.333 e. The van der Waals surface area contributed by atoms with Crippen molar-refractivity contribution in [2.45, 2.75) is 63.1 Å². The van der Waals surface area contributed by atoms with Crippen molar-refractivity contribution in [3.63, 3.8) is 0 Å². The lowest BCUT2D eigenvalue weighted by Gasteiger charge is -2.22. The smallest absolute Gasteiger partial charge is 0.306 e. The minimum atomic E-state index is -4.06. The third-order valence-electron chi connectivity index (χ3n) is 6.36. The number of hydrogen-bond acceptors (Lipinski definition) is 6. The number of aryl methyl sites for hydroxylation is 1. The van der Waals surface area contributed by atoms with Crippen molar-refractivity contribution in [1.82, 2.24) is 24.4 Å². The Labute approximate surface area is 175 Å². The predicted molar refractivity (Wildman–Crippen MR) is 111 cm³/mol. The molecule has 0 saturated carbocycles. The van der Waals surface area contributed by atoms with Gasteiger partial charge in [0.15, 0.2) is 5.03 Å². The quantitative estimate of drug-likeness (QED) is 0.768. The van der Waals surface area contributed by atoms with Crippen molar-refractivity contribution in [2.24, 2.45) is 0 Å². The summed E-state index contributed by atoms with van der Waals surface area (Å²) in [4.78, 5) is 19.7. The number of sulfonamides is 1. The number of amides is 2. The zero-order chi connectivity index (χ0) is 21.0. The van der Waals surface area contributed by atoms with Gasteiger partial charge in [-0.1, -0.05) is 6.92 Å². The Bertz CT molecular complexity index is 1140. The molecule has 0 fully saturated rings. The number of anilines is 1. The summed E-state index contributed by atoms with van der Waals surface area (Å²) in [5, 5.41) is 6.91. The first-order chi connectivity index (χ1) is 14.3. The van der Waals surface area contributed by atoms with Crippen molar-refractivity contribution in [2.75, 3.05) is 18.9 Å². The molecule has 3 aliphatic rings. The zero-order valence-electron chi connectivity index (χ0n) is 17.2. The number of likely N-dealkylation sites (N-methyl/N-ethyl adjacent to an activating group) is 1. The molecule has 1 unspecified atom stereocenters. The number of aromatic nitrogens is 3.